The van der Waals surface area contributed by atoms with Gasteiger partial charge in [-0.3, -0.25) is 0 Å². The molecule has 0 aromatic heterocycles. The normalized spacial score (nSPS) is 14.1. The first-order valence-corrected chi connectivity index (χ1v) is 8.58. The van der Waals surface area contributed by atoms with Crippen LogP contribution in [0.25, 0.3) is 0 Å². The number of carbonyl (C=O) groups is 1. The van der Waals surface area contributed by atoms with Gasteiger partial charge in [0.25, 0.3) is 0 Å². The maximum Gasteiger partial charge on any atom is 0.333 e. The Morgan fingerprint density at radius 1 is 1.14 bits per heavy atom. The summed E-state index contributed by atoms with van der Waals surface area (Å²) in [6.45, 7) is 11.8. The van der Waals surface area contributed by atoms with Crippen LogP contribution in [-0.4, -0.2) is 12.1 Å². The molecule has 21 heavy (non-hydrogen) atoms. The fourth-order valence-electron chi connectivity index (χ4n) is 2.59. The molecule has 122 valence electrons. The fourth-order valence-corrected chi connectivity index (χ4v) is 2.59. The highest BCUT2D eigenvalue weighted by Crippen LogP contribution is 2.24. The SMILES string of the molecule is C=C(C)C(=O)OC(CC)C(CCC)CCCCC=CCC. The molecule has 0 aromatic carbocycles. The zero-order valence-corrected chi connectivity index (χ0v) is 14.5. The van der Waals surface area contributed by atoms with Gasteiger partial charge < -0.3 is 4.74 Å². The van der Waals surface area contributed by atoms with Crippen LogP contribution in [-0.2, 0) is 9.53 Å². The number of hydrogen-bond donors (Lipinski definition) is 0. The van der Waals surface area contributed by atoms with E-state index < -0.39 is 0 Å². The van der Waals surface area contributed by atoms with Crippen LogP contribution in [0.15, 0.2) is 24.3 Å². The molecule has 0 aliphatic rings. The van der Waals surface area contributed by atoms with Gasteiger partial charge in [0.15, 0.2) is 0 Å². The Hall–Kier alpha value is -1.05. The molecule has 0 aromatic rings. The first kappa shape index (κ1) is 19.9. The van der Waals surface area contributed by atoms with Crippen molar-refractivity contribution in [3.8, 4) is 0 Å². The summed E-state index contributed by atoms with van der Waals surface area (Å²) >= 11 is 0. The number of carbonyl (C=O) groups excluding carboxylic acids is 1. The highest BCUT2D eigenvalue weighted by molar-refractivity contribution is 5.87. The van der Waals surface area contributed by atoms with Crippen molar-refractivity contribution < 1.29 is 9.53 Å². The average Bonchev–Trinajstić information content (AvgIpc) is 2.47. The molecular formula is C19H34O2. The number of allylic oxidation sites excluding steroid dienone is 2. The lowest BCUT2D eigenvalue weighted by Gasteiger charge is -2.26. The molecule has 0 rings (SSSR count). The van der Waals surface area contributed by atoms with Crippen LogP contribution < -0.4 is 0 Å². The zero-order valence-electron chi connectivity index (χ0n) is 14.5. The van der Waals surface area contributed by atoms with Crippen molar-refractivity contribution >= 4 is 5.97 Å². The van der Waals surface area contributed by atoms with E-state index in [2.05, 4.69) is 39.5 Å². The van der Waals surface area contributed by atoms with Crippen molar-refractivity contribution in [3.05, 3.63) is 24.3 Å². The second kappa shape index (κ2) is 12.7. The monoisotopic (exact) mass is 294 g/mol. The highest BCUT2D eigenvalue weighted by Gasteiger charge is 2.22. The van der Waals surface area contributed by atoms with Crippen LogP contribution in [0.3, 0.4) is 0 Å². The molecule has 0 aliphatic carbocycles. The standard InChI is InChI=1S/C19H34O2/c1-6-9-10-11-12-13-15-17(14-7-2)18(8-3)21-19(20)16(4)5/h9-10,17-18H,4,6-8,11-15H2,1-3,5H3. The Morgan fingerprint density at radius 2 is 1.86 bits per heavy atom. The molecule has 2 nitrogen and oxygen atoms in total. The quantitative estimate of drug-likeness (QED) is 0.196. The average molecular weight is 294 g/mol. The van der Waals surface area contributed by atoms with Crippen molar-refractivity contribution in [2.24, 2.45) is 5.92 Å². The fraction of sp³-hybridized carbons (Fsp3) is 0.737. The van der Waals surface area contributed by atoms with Crippen molar-refractivity contribution in [2.75, 3.05) is 0 Å². The second-order valence-corrected chi connectivity index (χ2v) is 5.85. The number of rotatable bonds is 12. The summed E-state index contributed by atoms with van der Waals surface area (Å²) in [5, 5.41) is 0. The zero-order chi connectivity index (χ0) is 16.1. The van der Waals surface area contributed by atoms with Gasteiger partial charge in [0, 0.05) is 5.57 Å². The van der Waals surface area contributed by atoms with Gasteiger partial charge in [-0.15, -0.1) is 0 Å². The van der Waals surface area contributed by atoms with Gasteiger partial charge in [-0.25, -0.2) is 4.79 Å². The lowest BCUT2D eigenvalue weighted by atomic mass is 9.89. The maximum absolute atomic E-state index is 11.7. The van der Waals surface area contributed by atoms with Gasteiger partial charge in [-0.05, 0) is 51.4 Å². The lowest BCUT2D eigenvalue weighted by Crippen LogP contribution is -2.27. The molecule has 0 fully saturated rings. The summed E-state index contributed by atoms with van der Waals surface area (Å²) in [6.07, 6.45) is 13.6. The van der Waals surface area contributed by atoms with E-state index in [1.54, 1.807) is 6.92 Å². The topological polar surface area (TPSA) is 26.3 Å². The minimum atomic E-state index is -0.242. The van der Waals surface area contributed by atoms with E-state index in [0.29, 0.717) is 11.5 Å². The van der Waals surface area contributed by atoms with Crippen LogP contribution in [0.4, 0.5) is 0 Å². The molecule has 2 atom stereocenters. The van der Waals surface area contributed by atoms with Gasteiger partial charge >= 0.3 is 5.97 Å². The summed E-state index contributed by atoms with van der Waals surface area (Å²) in [5.74, 6) is 0.243. The van der Waals surface area contributed by atoms with E-state index in [1.807, 2.05) is 0 Å². The van der Waals surface area contributed by atoms with Crippen molar-refractivity contribution in [1.29, 1.82) is 0 Å². The third-order valence-electron chi connectivity index (χ3n) is 3.79. The summed E-state index contributed by atoms with van der Waals surface area (Å²) in [6, 6.07) is 0. The molecule has 0 saturated carbocycles. The van der Waals surface area contributed by atoms with E-state index in [9.17, 15) is 4.79 Å². The number of unbranched alkanes of at least 4 members (excludes halogenated alkanes) is 2. The van der Waals surface area contributed by atoms with E-state index >= 15 is 0 Å². The molecule has 0 heterocycles. The Labute approximate surface area is 131 Å². The molecule has 0 radical (unpaired) electrons. The predicted octanol–water partition coefficient (Wildman–Crippen LogP) is 5.83. The highest BCUT2D eigenvalue weighted by atomic mass is 16.5. The molecule has 0 aliphatic heterocycles. The van der Waals surface area contributed by atoms with Crippen LogP contribution in [0.2, 0.25) is 0 Å². The Bertz CT molecular complexity index is 318. The molecular weight excluding hydrogens is 260 g/mol. The van der Waals surface area contributed by atoms with Crippen molar-refractivity contribution in [3.63, 3.8) is 0 Å². The predicted molar refractivity (Wildman–Crippen MR) is 91.3 cm³/mol. The van der Waals surface area contributed by atoms with Crippen molar-refractivity contribution in [2.45, 2.75) is 85.2 Å². The Morgan fingerprint density at radius 3 is 2.38 bits per heavy atom. The van der Waals surface area contributed by atoms with Gasteiger partial charge in [0.05, 0.1) is 0 Å². The van der Waals surface area contributed by atoms with Gasteiger partial charge in [-0.2, -0.15) is 0 Å². The molecule has 0 N–H and O–H groups in total. The van der Waals surface area contributed by atoms with Gasteiger partial charge in [0.2, 0.25) is 0 Å². The molecule has 0 bridgehead atoms. The van der Waals surface area contributed by atoms with Crippen LogP contribution >= 0.6 is 0 Å². The molecule has 0 spiro atoms. The summed E-state index contributed by atoms with van der Waals surface area (Å²) < 4.78 is 5.62. The first-order valence-electron chi connectivity index (χ1n) is 8.58. The second-order valence-electron chi connectivity index (χ2n) is 5.85. The van der Waals surface area contributed by atoms with Gasteiger partial charge in [0.1, 0.15) is 6.10 Å². The number of hydrogen-bond acceptors (Lipinski definition) is 2. The lowest BCUT2D eigenvalue weighted by molar-refractivity contribution is -0.147. The Kier molecular flexibility index (Phi) is 12.0. The van der Waals surface area contributed by atoms with Gasteiger partial charge in [-0.1, -0.05) is 52.3 Å². The van der Waals surface area contributed by atoms with Crippen LogP contribution in [0.1, 0.15) is 79.1 Å². The third kappa shape index (κ3) is 9.49. The molecule has 2 heteroatoms. The molecule has 0 saturated heterocycles. The minimum absolute atomic E-state index is 0.0420. The van der Waals surface area contributed by atoms with E-state index in [-0.39, 0.29) is 12.1 Å². The largest absolute Gasteiger partial charge is 0.459 e. The first-order chi connectivity index (χ1) is 10.1. The van der Waals surface area contributed by atoms with Crippen LogP contribution in [0.5, 0.6) is 0 Å². The number of esters is 1. The number of ether oxygens (including phenoxy) is 1. The Balaban J connectivity index is 4.30. The molecule has 2 unspecified atom stereocenters. The minimum Gasteiger partial charge on any atom is -0.459 e. The maximum atomic E-state index is 11.7. The van der Waals surface area contributed by atoms with E-state index in [0.717, 1.165) is 38.5 Å². The molecule has 0 amide bonds. The summed E-state index contributed by atoms with van der Waals surface area (Å²) in [4.78, 5) is 11.7. The van der Waals surface area contributed by atoms with Crippen molar-refractivity contribution in [1.82, 2.24) is 0 Å². The van der Waals surface area contributed by atoms with Crippen LogP contribution in [0, 0.1) is 5.92 Å². The van der Waals surface area contributed by atoms with E-state index in [4.69, 9.17) is 4.74 Å². The smallest absolute Gasteiger partial charge is 0.333 e. The summed E-state index contributed by atoms with van der Waals surface area (Å²) in [7, 11) is 0. The summed E-state index contributed by atoms with van der Waals surface area (Å²) in [5.41, 5.74) is 0.494. The third-order valence-corrected chi connectivity index (χ3v) is 3.79. The van der Waals surface area contributed by atoms with E-state index in [1.165, 1.54) is 12.8 Å².